The average molecular weight is 184 g/mol. The molecular weight excluding hydrogens is 160 g/mol. The predicted octanol–water partition coefficient (Wildman–Crippen LogP) is 3.22. The predicted molar refractivity (Wildman–Crippen MR) is 56.6 cm³/mol. The zero-order valence-electron chi connectivity index (χ0n) is 9.29. The molecule has 0 aromatic rings. The maximum absolute atomic E-state index is 9.95. The van der Waals surface area contributed by atoms with Crippen molar-refractivity contribution >= 4 is 0 Å². The molecule has 78 valence electrons. The topological polar surface area (TPSA) is 20.2 Å². The van der Waals surface area contributed by atoms with Gasteiger partial charge in [0, 0.05) is 0 Å². The number of rotatable bonds is 4. The largest absolute Gasteiger partial charge is 0.393 e. The van der Waals surface area contributed by atoms with Crippen molar-refractivity contribution in [1.29, 1.82) is 0 Å². The van der Waals surface area contributed by atoms with Gasteiger partial charge in [-0.3, -0.25) is 0 Å². The summed E-state index contributed by atoms with van der Waals surface area (Å²) in [5, 5.41) is 9.95. The summed E-state index contributed by atoms with van der Waals surface area (Å²) in [5.74, 6) is 1.88. The molecule has 0 bridgehead atoms. The third-order valence-corrected chi connectivity index (χ3v) is 3.71. The molecule has 2 unspecified atom stereocenters. The van der Waals surface area contributed by atoms with E-state index in [1.54, 1.807) is 0 Å². The van der Waals surface area contributed by atoms with Crippen molar-refractivity contribution in [2.75, 3.05) is 0 Å². The van der Waals surface area contributed by atoms with Gasteiger partial charge in [0.05, 0.1) is 6.10 Å². The molecule has 1 rings (SSSR count). The van der Waals surface area contributed by atoms with Crippen molar-refractivity contribution in [1.82, 2.24) is 0 Å². The summed E-state index contributed by atoms with van der Waals surface area (Å²) in [6.07, 6.45) is 6.44. The van der Waals surface area contributed by atoms with Crippen LogP contribution in [0, 0.1) is 17.8 Å². The van der Waals surface area contributed by atoms with Crippen LogP contribution in [0.5, 0.6) is 0 Å². The fourth-order valence-corrected chi connectivity index (χ4v) is 2.25. The van der Waals surface area contributed by atoms with Gasteiger partial charge in [0.15, 0.2) is 0 Å². The van der Waals surface area contributed by atoms with Crippen LogP contribution in [0.15, 0.2) is 0 Å². The number of aliphatic hydroxyl groups is 1. The minimum Gasteiger partial charge on any atom is -0.393 e. The summed E-state index contributed by atoms with van der Waals surface area (Å²) in [4.78, 5) is 0. The molecule has 0 aromatic carbocycles. The second-order valence-corrected chi connectivity index (χ2v) is 5.06. The molecule has 1 nitrogen and oxygen atoms in total. The summed E-state index contributed by atoms with van der Waals surface area (Å²) < 4.78 is 0. The van der Waals surface area contributed by atoms with Gasteiger partial charge >= 0.3 is 0 Å². The fourth-order valence-electron chi connectivity index (χ4n) is 2.25. The minimum absolute atomic E-state index is 0.0666. The average Bonchev–Trinajstić information content (AvgIpc) is 2.55. The van der Waals surface area contributed by atoms with Crippen molar-refractivity contribution < 1.29 is 5.11 Å². The van der Waals surface area contributed by atoms with Crippen LogP contribution in [0.3, 0.4) is 0 Å². The molecule has 0 saturated heterocycles. The van der Waals surface area contributed by atoms with Crippen LogP contribution in [0.25, 0.3) is 0 Å². The Labute approximate surface area is 82.5 Å². The molecule has 2 atom stereocenters. The SMILES string of the molecule is CC(C)C(C)C(O)CC1CCCC1. The molecule has 0 amide bonds. The van der Waals surface area contributed by atoms with Crippen LogP contribution in [0.4, 0.5) is 0 Å². The Morgan fingerprint density at radius 1 is 1.15 bits per heavy atom. The number of hydrogen-bond acceptors (Lipinski definition) is 1. The van der Waals surface area contributed by atoms with Crippen LogP contribution in [-0.4, -0.2) is 11.2 Å². The molecule has 0 radical (unpaired) electrons. The molecule has 0 heterocycles. The molecular formula is C12H24O. The quantitative estimate of drug-likeness (QED) is 0.711. The van der Waals surface area contributed by atoms with E-state index in [1.165, 1.54) is 25.7 Å². The zero-order chi connectivity index (χ0) is 9.84. The van der Waals surface area contributed by atoms with Gasteiger partial charge in [0.2, 0.25) is 0 Å². The van der Waals surface area contributed by atoms with E-state index in [2.05, 4.69) is 20.8 Å². The van der Waals surface area contributed by atoms with Crippen LogP contribution in [0.1, 0.15) is 52.9 Å². The maximum Gasteiger partial charge on any atom is 0.0570 e. The third-order valence-electron chi connectivity index (χ3n) is 3.71. The summed E-state index contributed by atoms with van der Waals surface area (Å²) in [6, 6.07) is 0. The Hall–Kier alpha value is -0.0400. The highest BCUT2D eigenvalue weighted by molar-refractivity contribution is 4.75. The van der Waals surface area contributed by atoms with E-state index in [1.807, 2.05) is 0 Å². The summed E-state index contributed by atoms with van der Waals surface area (Å²) >= 11 is 0. The first-order valence-corrected chi connectivity index (χ1v) is 5.79. The monoisotopic (exact) mass is 184 g/mol. The highest BCUT2D eigenvalue weighted by Gasteiger charge is 2.23. The van der Waals surface area contributed by atoms with Crippen molar-refractivity contribution in [2.24, 2.45) is 17.8 Å². The Morgan fingerprint density at radius 2 is 1.69 bits per heavy atom. The molecule has 1 N–H and O–H groups in total. The Balaban J connectivity index is 2.26. The fraction of sp³-hybridized carbons (Fsp3) is 1.00. The molecule has 1 heteroatoms. The van der Waals surface area contributed by atoms with Gasteiger partial charge < -0.3 is 5.11 Å². The second-order valence-electron chi connectivity index (χ2n) is 5.06. The number of aliphatic hydroxyl groups excluding tert-OH is 1. The van der Waals surface area contributed by atoms with E-state index >= 15 is 0 Å². The van der Waals surface area contributed by atoms with Gasteiger partial charge in [0.1, 0.15) is 0 Å². The highest BCUT2D eigenvalue weighted by Crippen LogP contribution is 2.31. The van der Waals surface area contributed by atoms with Gasteiger partial charge in [-0.25, -0.2) is 0 Å². The van der Waals surface area contributed by atoms with Crippen LogP contribution >= 0.6 is 0 Å². The lowest BCUT2D eigenvalue weighted by Gasteiger charge is -2.24. The van der Waals surface area contributed by atoms with Crippen LogP contribution < -0.4 is 0 Å². The van der Waals surface area contributed by atoms with Crippen molar-refractivity contribution in [3.8, 4) is 0 Å². The first kappa shape index (κ1) is 11.0. The molecule has 1 aliphatic rings. The minimum atomic E-state index is -0.0666. The van der Waals surface area contributed by atoms with Crippen LogP contribution in [-0.2, 0) is 0 Å². The highest BCUT2D eigenvalue weighted by atomic mass is 16.3. The van der Waals surface area contributed by atoms with E-state index in [0.29, 0.717) is 11.8 Å². The van der Waals surface area contributed by atoms with Gasteiger partial charge in [-0.2, -0.15) is 0 Å². The van der Waals surface area contributed by atoms with Crippen LogP contribution in [0.2, 0.25) is 0 Å². The van der Waals surface area contributed by atoms with Gasteiger partial charge in [-0.05, 0) is 24.2 Å². The van der Waals surface area contributed by atoms with Crippen molar-refractivity contribution in [3.63, 3.8) is 0 Å². The Kier molecular flexibility index (Phi) is 4.24. The lowest BCUT2D eigenvalue weighted by molar-refractivity contribution is 0.0688. The van der Waals surface area contributed by atoms with E-state index in [0.717, 1.165) is 12.3 Å². The van der Waals surface area contributed by atoms with E-state index in [4.69, 9.17) is 0 Å². The molecule has 0 aliphatic heterocycles. The third kappa shape index (κ3) is 3.30. The zero-order valence-corrected chi connectivity index (χ0v) is 9.29. The number of hydrogen-bond donors (Lipinski definition) is 1. The van der Waals surface area contributed by atoms with Gasteiger partial charge in [0.25, 0.3) is 0 Å². The maximum atomic E-state index is 9.95. The summed E-state index contributed by atoms with van der Waals surface area (Å²) in [5.41, 5.74) is 0. The Bertz CT molecular complexity index is 136. The summed E-state index contributed by atoms with van der Waals surface area (Å²) in [6.45, 7) is 6.56. The standard InChI is InChI=1S/C12H24O/c1-9(2)10(3)12(13)8-11-6-4-5-7-11/h9-13H,4-8H2,1-3H3. The molecule has 0 aromatic heterocycles. The molecule has 1 saturated carbocycles. The van der Waals surface area contributed by atoms with Crippen molar-refractivity contribution in [2.45, 2.75) is 59.0 Å². The molecule has 1 fully saturated rings. The summed E-state index contributed by atoms with van der Waals surface area (Å²) in [7, 11) is 0. The molecule has 13 heavy (non-hydrogen) atoms. The molecule has 1 aliphatic carbocycles. The molecule has 0 spiro atoms. The van der Waals surface area contributed by atoms with Gasteiger partial charge in [-0.15, -0.1) is 0 Å². The smallest absolute Gasteiger partial charge is 0.0570 e. The van der Waals surface area contributed by atoms with Crippen molar-refractivity contribution in [3.05, 3.63) is 0 Å². The van der Waals surface area contributed by atoms with Gasteiger partial charge in [-0.1, -0.05) is 46.5 Å². The Morgan fingerprint density at radius 3 is 2.15 bits per heavy atom. The van der Waals surface area contributed by atoms with E-state index < -0.39 is 0 Å². The first-order valence-electron chi connectivity index (χ1n) is 5.79. The normalized spacial score (nSPS) is 23.8. The van der Waals surface area contributed by atoms with E-state index in [9.17, 15) is 5.11 Å². The second kappa shape index (κ2) is 4.99. The first-order chi connectivity index (χ1) is 6.11. The lowest BCUT2D eigenvalue weighted by Crippen LogP contribution is -2.24. The van der Waals surface area contributed by atoms with E-state index in [-0.39, 0.29) is 6.10 Å². The lowest BCUT2D eigenvalue weighted by atomic mass is 9.86.